The Bertz CT molecular complexity index is 1300. The minimum atomic E-state index is -0.237. The lowest BCUT2D eigenvalue weighted by Gasteiger charge is -2.24. The van der Waals surface area contributed by atoms with Crippen molar-refractivity contribution < 1.29 is 9.59 Å². The van der Waals surface area contributed by atoms with Gasteiger partial charge in [0.15, 0.2) is 5.17 Å². The first kappa shape index (κ1) is 20.7. The van der Waals surface area contributed by atoms with Crippen molar-refractivity contribution in [3.05, 3.63) is 64.3 Å². The largest absolute Gasteiger partial charge is 0.324 e. The molecule has 2 amide bonds. The molecule has 2 aromatic carbocycles. The van der Waals surface area contributed by atoms with E-state index in [2.05, 4.69) is 25.6 Å². The first-order chi connectivity index (χ1) is 15.6. The third kappa shape index (κ3) is 4.24. The minimum absolute atomic E-state index is 0.0169. The third-order valence-corrected chi connectivity index (χ3v) is 6.68. The number of carbonyl (C=O) groups is 2. The number of hydrogen-bond acceptors (Lipinski definition) is 6. The summed E-state index contributed by atoms with van der Waals surface area (Å²) in [5, 5.41) is 6.41. The van der Waals surface area contributed by atoms with Crippen molar-refractivity contribution in [2.75, 3.05) is 5.32 Å². The number of amidine groups is 1. The molecule has 2 aliphatic rings. The summed E-state index contributed by atoms with van der Waals surface area (Å²) >= 11 is 7.71. The molecule has 1 aliphatic carbocycles. The molecule has 3 aromatic rings. The van der Waals surface area contributed by atoms with Crippen molar-refractivity contribution in [2.45, 2.75) is 19.3 Å². The first-order valence-corrected chi connectivity index (χ1v) is 11.4. The van der Waals surface area contributed by atoms with Crippen LogP contribution in [0.3, 0.4) is 0 Å². The summed E-state index contributed by atoms with van der Waals surface area (Å²) in [5.74, 6) is -0.199. The SMILES string of the molecule is O=C1NC(=Nc2cccc(NC(=O)C3CCC3)c2Cl)S/C1=C/c1ccc2nccnc2c1. The smallest absolute Gasteiger partial charge is 0.264 e. The van der Waals surface area contributed by atoms with Crippen LogP contribution >= 0.6 is 23.4 Å². The van der Waals surface area contributed by atoms with Crippen LogP contribution in [-0.2, 0) is 9.59 Å². The van der Waals surface area contributed by atoms with E-state index in [1.165, 1.54) is 11.8 Å². The van der Waals surface area contributed by atoms with E-state index < -0.39 is 0 Å². The maximum absolute atomic E-state index is 12.5. The van der Waals surface area contributed by atoms with Crippen molar-refractivity contribution in [2.24, 2.45) is 10.9 Å². The molecule has 0 bridgehead atoms. The van der Waals surface area contributed by atoms with E-state index in [-0.39, 0.29) is 17.7 Å². The fourth-order valence-electron chi connectivity index (χ4n) is 3.42. The second kappa shape index (κ2) is 8.72. The van der Waals surface area contributed by atoms with E-state index >= 15 is 0 Å². The van der Waals surface area contributed by atoms with Crippen LogP contribution in [0.1, 0.15) is 24.8 Å². The number of nitrogens with zero attached hydrogens (tertiary/aromatic N) is 3. The van der Waals surface area contributed by atoms with Crippen LogP contribution in [0.25, 0.3) is 17.1 Å². The van der Waals surface area contributed by atoms with Crippen LogP contribution < -0.4 is 10.6 Å². The standard InChI is InChI=1S/C23H18ClN5O2S/c24-20-16(27-21(30)14-3-1-4-14)5-2-6-17(20)28-23-29-22(31)19(32-23)12-13-7-8-15-18(11-13)26-10-9-25-15/h2,5-12,14H,1,3-4H2,(H,27,30)(H,28,29,31)/b19-12+. The number of amides is 2. The highest BCUT2D eigenvalue weighted by Gasteiger charge is 2.26. The normalized spacial score (nSPS) is 18.7. The van der Waals surface area contributed by atoms with E-state index in [0.29, 0.717) is 26.5 Å². The lowest BCUT2D eigenvalue weighted by molar-refractivity contribution is -0.122. The first-order valence-electron chi connectivity index (χ1n) is 10.2. The summed E-state index contributed by atoms with van der Waals surface area (Å²) in [6.07, 6.45) is 7.96. The molecule has 7 nitrogen and oxygen atoms in total. The predicted molar refractivity (Wildman–Crippen MR) is 128 cm³/mol. The highest BCUT2D eigenvalue weighted by atomic mass is 35.5. The van der Waals surface area contributed by atoms with Gasteiger partial charge < -0.3 is 10.6 Å². The molecular weight excluding hydrogens is 446 g/mol. The summed E-state index contributed by atoms with van der Waals surface area (Å²) in [6, 6.07) is 10.9. The van der Waals surface area contributed by atoms with Crippen LogP contribution in [0.5, 0.6) is 0 Å². The molecule has 1 aliphatic heterocycles. The Morgan fingerprint density at radius 1 is 1.19 bits per heavy atom. The monoisotopic (exact) mass is 463 g/mol. The van der Waals surface area contributed by atoms with Gasteiger partial charge in [0.1, 0.15) is 0 Å². The average molecular weight is 464 g/mol. The van der Waals surface area contributed by atoms with Gasteiger partial charge in [0, 0.05) is 18.3 Å². The molecule has 0 unspecified atom stereocenters. The number of thioether (sulfide) groups is 1. The zero-order valence-electron chi connectivity index (χ0n) is 16.8. The Labute approximate surface area is 193 Å². The third-order valence-electron chi connectivity index (χ3n) is 5.38. The number of hydrogen-bond donors (Lipinski definition) is 2. The molecule has 1 saturated heterocycles. The number of fused-ring (bicyclic) bond motifs is 1. The Morgan fingerprint density at radius 2 is 2.00 bits per heavy atom. The molecule has 1 saturated carbocycles. The van der Waals surface area contributed by atoms with Gasteiger partial charge in [-0.1, -0.05) is 30.2 Å². The second-order valence-corrected chi connectivity index (χ2v) is 8.95. The van der Waals surface area contributed by atoms with Gasteiger partial charge in [-0.15, -0.1) is 0 Å². The number of aliphatic imine (C=N–C) groups is 1. The number of carbonyl (C=O) groups excluding carboxylic acids is 2. The van der Waals surface area contributed by atoms with E-state index in [4.69, 9.17) is 11.6 Å². The van der Waals surface area contributed by atoms with E-state index in [1.54, 1.807) is 36.7 Å². The zero-order valence-corrected chi connectivity index (χ0v) is 18.4. The number of nitrogens with one attached hydrogen (secondary N) is 2. The Balaban J connectivity index is 1.36. The van der Waals surface area contributed by atoms with Crippen LogP contribution in [0, 0.1) is 5.92 Å². The Hall–Kier alpha value is -3.23. The summed E-state index contributed by atoms with van der Waals surface area (Å²) in [4.78, 5) is 38.3. The molecule has 0 spiro atoms. The van der Waals surface area contributed by atoms with Crippen LogP contribution in [0.4, 0.5) is 11.4 Å². The van der Waals surface area contributed by atoms with Crippen LogP contribution in [0.2, 0.25) is 5.02 Å². The van der Waals surface area contributed by atoms with E-state index in [9.17, 15) is 9.59 Å². The quantitative estimate of drug-likeness (QED) is 0.535. The minimum Gasteiger partial charge on any atom is -0.324 e. The molecule has 2 fully saturated rings. The van der Waals surface area contributed by atoms with Gasteiger partial charge in [0.25, 0.3) is 5.91 Å². The fraction of sp³-hybridized carbons (Fsp3) is 0.174. The van der Waals surface area contributed by atoms with Crippen LogP contribution in [-0.4, -0.2) is 26.9 Å². The molecule has 5 rings (SSSR count). The Kier molecular flexibility index (Phi) is 5.63. The topological polar surface area (TPSA) is 96.3 Å². The molecule has 9 heteroatoms. The van der Waals surface area contributed by atoms with Gasteiger partial charge in [-0.05, 0) is 60.5 Å². The predicted octanol–water partition coefficient (Wildman–Crippen LogP) is 4.91. The zero-order chi connectivity index (χ0) is 22.1. The number of benzene rings is 2. The molecular formula is C23H18ClN5O2S. The van der Waals surface area contributed by atoms with Crippen molar-refractivity contribution >= 4 is 68.8 Å². The van der Waals surface area contributed by atoms with Crippen molar-refractivity contribution in [1.82, 2.24) is 15.3 Å². The molecule has 160 valence electrons. The molecule has 2 N–H and O–H groups in total. The lowest BCUT2D eigenvalue weighted by atomic mass is 9.85. The van der Waals surface area contributed by atoms with Gasteiger partial charge in [-0.3, -0.25) is 19.6 Å². The maximum Gasteiger partial charge on any atom is 0.264 e. The number of aromatic nitrogens is 2. The highest BCUT2D eigenvalue weighted by molar-refractivity contribution is 8.18. The van der Waals surface area contributed by atoms with Gasteiger partial charge in [-0.25, -0.2) is 4.99 Å². The average Bonchev–Trinajstić information content (AvgIpc) is 3.08. The second-order valence-electron chi connectivity index (χ2n) is 7.54. The van der Waals surface area contributed by atoms with Crippen molar-refractivity contribution in [3.63, 3.8) is 0 Å². The van der Waals surface area contributed by atoms with Gasteiger partial charge in [-0.2, -0.15) is 0 Å². The van der Waals surface area contributed by atoms with Crippen LogP contribution in [0.15, 0.2) is 58.7 Å². The number of halogens is 1. The summed E-state index contributed by atoms with van der Waals surface area (Å²) in [5.41, 5.74) is 3.39. The number of anilines is 1. The Morgan fingerprint density at radius 3 is 2.78 bits per heavy atom. The number of rotatable bonds is 4. The fourth-order valence-corrected chi connectivity index (χ4v) is 4.47. The van der Waals surface area contributed by atoms with Gasteiger partial charge >= 0.3 is 0 Å². The van der Waals surface area contributed by atoms with E-state index in [0.717, 1.165) is 35.9 Å². The van der Waals surface area contributed by atoms with Crippen molar-refractivity contribution in [3.8, 4) is 0 Å². The van der Waals surface area contributed by atoms with Crippen molar-refractivity contribution in [1.29, 1.82) is 0 Å². The molecule has 32 heavy (non-hydrogen) atoms. The summed E-state index contributed by atoms with van der Waals surface area (Å²) in [6.45, 7) is 0. The summed E-state index contributed by atoms with van der Waals surface area (Å²) in [7, 11) is 0. The molecule has 1 aromatic heterocycles. The van der Waals surface area contributed by atoms with E-state index in [1.807, 2.05) is 18.2 Å². The maximum atomic E-state index is 12.5. The highest BCUT2D eigenvalue weighted by Crippen LogP contribution is 2.36. The van der Waals surface area contributed by atoms with Gasteiger partial charge in [0.2, 0.25) is 5.91 Å². The molecule has 2 heterocycles. The molecule has 0 radical (unpaired) electrons. The lowest BCUT2D eigenvalue weighted by Crippen LogP contribution is -2.28. The summed E-state index contributed by atoms with van der Waals surface area (Å²) < 4.78 is 0. The van der Waals surface area contributed by atoms with Gasteiger partial charge in [0.05, 0.1) is 32.3 Å². The molecule has 0 atom stereocenters.